The molecular weight excluding hydrogens is 346 g/mol. The van der Waals surface area contributed by atoms with E-state index in [0.29, 0.717) is 13.0 Å². The molecule has 0 spiro atoms. The third kappa shape index (κ3) is 3.66. The van der Waals surface area contributed by atoms with Crippen LogP contribution in [0.25, 0.3) is 0 Å². The Labute approximate surface area is 157 Å². The number of carbonyl (C=O) groups is 2. The molecule has 0 N–H and O–H groups in total. The third-order valence-electron chi connectivity index (χ3n) is 5.21. The number of piperazine rings is 1. The number of anilines is 1. The summed E-state index contributed by atoms with van der Waals surface area (Å²) in [5.74, 6) is -0.0382. The molecule has 0 unspecified atom stereocenters. The molecule has 3 heterocycles. The van der Waals surface area contributed by atoms with E-state index < -0.39 is 0 Å². The maximum Gasteiger partial charge on any atom is 0.228 e. The first-order valence-corrected chi connectivity index (χ1v) is 10.0. The SMILES string of the molecule is O=C([C@@H]1CC(=O)N(c2ccccc2)C1)N1CCN(Cc2ccsc2)CC1. The molecule has 0 saturated carbocycles. The van der Waals surface area contributed by atoms with Crippen molar-refractivity contribution in [1.82, 2.24) is 9.80 Å². The van der Waals surface area contributed by atoms with Crippen LogP contribution in [-0.2, 0) is 16.1 Å². The van der Waals surface area contributed by atoms with Gasteiger partial charge in [-0.15, -0.1) is 0 Å². The highest BCUT2D eigenvalue weighted by atomic mass is 32.1. The average molecular weight is 369 g/mol. The van der Waals surface area contributed by atoms with Crippen LogP contribution in [0.2, 0.25) is 0 Å². The number of rotatable bonds is 4. The molecule has 2 saturated heterocycles. The van der Waals surface area contributed by atoms with Gasteiger partial charge in [-0.3, -0.25) is 14.5 Å². The third-order valence-corrected chi connectivity index (χ3v) is 5.94. The second-order valence-electron chi connectivity index (χ2n) is 6.97. The lowest BCUT2D eigenvalue weighted by Crippen LogP contribution is -2.50. The van der Waals surface area contributed by atoms with E-state index in [1.165, 1.54) is 5.56 Å². The second kappa shape index (κ2) is 7.60. The normalized spacial score (nSPS) is 21.4. The Kier molecular flexibility index (Phi) is 5.04. The van der Waals surface area contributed by atoms with Crippen molar-refractivity contribution in [2.24, 2.45) is 5.92 Å². The number of hydrogen-bond acceptors (Lipinski definition) is 4. The maximum absolute atomic E-state index is 12.9. The van der Waals surface area contributed by atoms with E-state index in [1.807, 2.05) is 35.2 Å². The van der Waals surface area contributed by atoms with Crippen molar-refractivity contribution >= 4 is 28.8 Å². The van der Waals surface area contributed by atoms with Crippen LogP contribution in [0.3, 0.4) is 0 Å². The molecule has 0 aliphatic carbocycles. The number of nitrogens with zero attached hydrogens (tertiary/aromatic N) is 3. The van der Waals surface area contributed by atoms with Gasteiger partial charge in [0.05, 0.1) is 5.92 Å². The van der Waals surface area contributed by atoms with Crippen LogP contribution >= 0.6 is 11.3 Å². The Balaban J connectivity index is 1.32. The van der Waals surface area contributed by atoms with Crippen molar-refractivity contribution in [2.75, 3.05) is 37.6 Å². The summed E-state index contributed by atoms with van der Waals surface area (Å²) in [5, 5.41) is 4.28. The Hall–Kier alpha value is -2.18. The topological polar surface area (TPSA) is 43.9 Å². The quantitative estimate of drug-likeness (QED) is 0.832. The molecule has 2 aliphatic rings. The summed E-state index contributed by atoms with van der Waals surface area (Å²) in [4.78, 5) is 31.3. The number of amides is 2. The van der Waals surface area contributed by atoms with Gasteiger partial charge in [0.2, 0.25) is 11.8 Å². The Morgan fingerprint density at radius 3 is 2.54 bits per heavy atom. The standard InChI is InChI=1S/C20H23N3O2S/c24-19-12-17(14-23(19)18-4-2-1-3-5-18)20(25)22-9-7-21(8-10-22)13-16-6-11-26-15-16/h1-6,11,15,17H,7-10,12-14H2/t17-/m1/s1. The number of benzene rings is 1. The van der Waals surface area contributed by atoms with Crippen LogP contribution in [-0.4, -0.2) is 54.3 Å². The first-order valence-electron chi connectivity index (χ1n) is 9.08. The highest BCUT2D eigenvalue weighted by Crippen LogP contribution is 2.26. The van der Waals surface area contributed by atoms with E-state index >= 15 is 0 Å². The van der Waals surface area contributed by atoms with Gasteiger partial charge in [-0.1, -0.05) is 18.2 Å². The molecule has 1 aromatic heterocycles. The largest absolute Gasteiger partial charge is 0.340 e. The molecule has 5 nitrogen and oxygen atoms in total. The number of carbonyl (C=O) groups excluding carboxylic acids is 2. The van der Waals surface area contributed by atoms with Crippen molar-refractivity contribution in [3.05, 3.63) is 52.7 Å². The molecule has 136 valence electrons. The van der Waals surface area contributed by atoms with E-state index in [1.54, 1.807) is 16.2 Å². The van der Waals surface area contributed by atoms with Crippen LogP contribution < -0.4 is 4.90 Å². The van der Waals surface area contributed by atoms with Crippen molar-refractivity contribution < 1.29 is 9.59 Å². The van der Waals surface area contributed by atoms with E-state index in [9.17, 15) is 9.59 Å². The number of para-hydroxylation sites is 1. The fraction of sp³-hybridized carbons (Fsp3) is 0.400. The molecule has 6 heteroatoms. The summed E-state index contributed by atoms with van der Waals surface area (Å²) in [6.45, 7) is 4.74. The van der Waals surface area contributed by atoms with Gasteiger partial charge in [0.25, 0.3) is 0 Å². The van der Waals surface area contributed by atoms with E-state index in [-0.39, 0.29) is 17.7 Å². The Morgan fingerprint density at radius 2 is 1.85 bits per heavy atom. The van der Waals surface area contributed by atoms with Crippen LogP contribution in [0.4, 0.5) is 5.69 Å². The predicted octanol–water partition coefficient (Wildman–Crippen LogP) is 2.45. The van der Waals surface area contributed by atoms with Gasteiger partial charge in [0, 0.05) is 51.4 Å². The van der Waals surface area contributed by atoms with Crippen molar-refractivity contribution in [3.8, 4) is 0 Å². The minimum atomic E-state index is -0.217. The van der Waals surface area contributed by atoms with E-state index in [2.05, 4.69) is 21.7 Å². The van der Waals surface area contributed by atoms with E-state index in [0.717, 1.165) is 38.4 Å². The molecule has 0 bridgehead atoms. The lowest BCUT2D eigenvalue weighted by molar-refractivity contribution is -0.137. The zero-order chi connectivity index (χ0) is 17.9. The van der Waals surface area contributed by atoms with Gasteiger partial charge in [-0.2, -0.15) is 11.3 Å². The van der Waals surface area contributed by atoms with Gasteiger partial charge in [-0.05, 0) is 34.5 Å². The first-order chi connectivity index (χ1) is 12.7. The number of hydrogen-bond donors (Lipinski definition) is 0. The number of thiophene rings is 1. The zero-order valence-corrected chi connectivity index (χ0v) is 15.5. The molecular formula is C20H23N3O2S. The van der Waals surface area contributed by atoms with Crippen LogP contribution in [0.15, 0.2) is 47.2 Å². The summed E-state index contributed by atoms with van der Waals surface area (Å²) >= 11 is 1.72. The van der Waals surface area contributed by atoms with E-state index in [4.69, 9.17) is 0 Å². The minimum absolute atomic E-state index is 0.0469. The molecule has 1 aromatic carbocycles. The molecule has 0 radical (unpaired) electrons. The molecule has 2 fully saturated rings. The molecule has 2 aromatic rings. The molecule has 4 rings (SSSR count). The molecule has 2 aliphatic heterocycles. The van der Waals surface area contributed by atoms with Crippen molar-refractivity contribution in [3.63, 3.8) is 0 Å². The van der Waals surface area contributed by atoms with Crippen LogP contribution in [0.1, 0.15) is 12.0 Å². The molecule has 26 heavy (non-hydrogen) atoms. The minimum Gasteiger partial charge on any atom is -0.340 e. The van der Waals surface area contributed by atoms with Crippen LogP contribution in [0.5, 0.6) is 0 Å². The summed E-state index contributed by atoms with van der Waals surface area (Å²) in [7, 11) is 0. The smallest absolute Gasteiger partial charge is 0.228 e. The van der Waals surface area contributed by atoms with Crippen molar-refractivity contribution in [1.29, 1.82) is 0 Å². The highest BCUT2D eigenvalue weighted by molar-refractivity contribution is 7.07. The Bertz CT molecular complexity index is 755. The summed E-state index contributed by atoms with van der Waals surface area (Å²) in [6, 6.07) is 11.8. The van der Waals surface area contributed by atoms with Crippen molar-refractivity contribution in [2.45, 2.75) is 13.0 Å². The van der Waals surface area contributed by atoms with Gasteiger partial charge < -0.3 is 9.80 Å². The highest BCUT2D eigenvalue weighted by Gasteiger charge is 2.37. The monoisotopic (exact) mass is 369 g/mol. The average Bonchev–Trinajstić information content (AvgIpc) is 3.32. The van der Waals surface area contributed by atoms with Gasteiger partial charge in [-0.25, -0.2) is 0 Å². The molecule has 2 amide bonds. The summed E-state index contributed by atoms with van der Waals surface area (Å²) in [5.41, 5.74) is 2.23. The van der Waals surface area contributed by atoms with Gasteiger partial charge in [0.15, 0.2) is 0 Å². The maximum atomic E-state index is 12.9. The Morgan fingerprint density at radius 1 is 1.08 bits per heavy atom. The predicted molar refractivity (Wildman–Crippen MR) is 103 cm³/mol. The summed E-state index contributed by atoms with van der Waals surface area (Å²) < 4.78 is 0. The lowest BCUT2D eigenvalue weighted by Gasteiger charge is -2.35. The van der Waals surface area contributed by atoms with Gasteiger partial charge in [0.1, 0.15) is 0 Å². The summed E-state index contributed by atoms with van der Waals surface area (Å²) in [6.07, 6.45) is 0.322. The van der Waals surface area contributed by atoms with Gasteiger partial charge >= 0.3 is 0 Å². The lowest BCUT2D eigenvalue weighted by atomic mass is 10.1. The zero-order valence-electron chi connectivity index (χ0n) is 14.7. The van der Waals surface area contributed by atoms with Crippen LogP contribution in [0, 0.1) is 5.92 Å². The fourth-order valence-electron chi connectivity index (χ4n) is 3.76. The second-order valence-corrected chi connectivity index (χ2v) is 7.75. The first kappa shape index (κ1) is 17.2. The molecule has 1 atom stereocenters. The fourth-order valence-corrected chi connectivity index (χ4v) is 4.42.